The van der Waals surface area contributed by atoms with Crippen molar-refractivity contribution in [1.29, 1.82) is 0 Å². The second kappa shape index (κ2) is 8.36. The van der Waals surface area contributed by atoms with Gasteiger partial charge >= 0.3 is 0 Å². The average Bonchev–Trinajstić information content (AvgIpc) is 3.40. The van der Waals surface area contributed by atoms with Crippen LogP contribution >= 0.6 is 11.3 Å². The summed E-state index contributed by atoms with van der Waals surface area (Å²) in [5.74, 6) is 0.608. The van der Waals surface area contributed by atoms with E-state index in [0.717, 1.165) is 44.2 Å². The molecule has 1 amide bonds. The summed E-state index contributed by atoms with van der Waals surface area (Å²) in [7, 11) is 0. The molecule has 5 aromatic rings. The predicted molar refractivity (Wildman–Crippen MR) is 128 cm³/mol. The van der Waals surface area contributed by atoms with E-state index in [1.165, 1.54) is 0 Å². The highest BCUT2D eigenvalue weighted by atomic mass is 32.1. The van der Waals surface area contributed by atoms with E-state index >= 15 is 0 Å². The van der Waals surface area contributed by atoms with Gasteiger partial charge < -0.3 is 5.32 Å². The van der Waals surface area contributed by atoms with Crippen molar-refractivity contribution in [3.63, 3.8) is 0 Å². The fourth-order valence-electron chi connectivity index (χ4n) is 3.65. The Kier molecular flexibility index (Phi) is 5.25. The molecule has 0 fully saturated rings. The highest BCUT2D eigenvalue weighted by molar-refractivity contribution is 7.16. The molecule has 0 radical (unpaired) electrons. The largest absolute Gasteiger partial charge is 0.326 e. The summed E-state index contributed by atoms with van der Waals surface area (Å²) < 4.78 is 2.91. The van der Waals surface area contributed by atoms with Crippen LogP contribution in [0.15, 0.2) is 72.2 Å². The molecular weight excluding hydrogens is 418 g/mol. The summed E-state index contributed by atoms with van der Waals surface area (Å²) in [6.45, 7) is 3.95. The molecule has 0 saturated heterocycles. The minimum Gasteiger partial charge on any atom is -0.326 e. The van der Waals surface area contributed by atoms with Gasteiger partial charge in [0.15, 0.2) is 5.82 Å². The Morgan fingerprint density at radius 1 is 1.03 bits per heavy atom. The molecular formula is C25H21N5OS. The third-order valence-corrected chi connectivity index (χ3v) is 5.91. The van der Waals surface area contributed by atoms with Crippen LogP contribution in [0, 0.1) is 13.8 Å². The predicted octanol–water partition coefficient (Wildman–Crippen LogP) is 5.34. The molecule has 0 atom stereocenters. The topological polar surface area (TPSA) is 72.7 Å². The molecule has 1 N–H and O–H groups in total. The van der Waals surface area contributed by atoms with Crippen molar-refractivity contribution in [3.05, 3.63) is 89.2 Å². The van der Waals surface area contributed by atoms with Gasteiger partial charge in [-0.1, -0.05) is 24.3 Å². The second-order valence-corrected chi connectivity index (χ2v) is 8.59. The number of nitrogens with zero attached hydrogens (tertiary/aromatic N) is 4. The lowest BCUT2D eigenvalue weighted by Gasteiger charge is -2.07. The molecule has 0 spiro atoms. The molecule has 0 unspecified atom stereocenters. The number of amides is 1. The fraction of sp³-hybridized carbons (Fsp3) is 0.120. The van der Waals surface area contributed by atoms with E-state index in [9.17, 15) is 4.79 Å². The minimum absolute atomic E-state index is 0.109. The number of fused-ring (bicyclic) bond motifs is 1. The first kappa shape index (κ1) is 20.1. The molecule has 3 aromatic heterocycles. The first-order valence-corrected chi connectivity index (χ1v) is 11.2. The number of aryl methyl sites for hydroxylation is 2. The third kappa shape index (κ3) is 4.15. The summed E-state index contributed by atoms with van der Waals surface area (Å²) in [5.41, 5.74) is 8.16. The normalized spacial score (nSPS) is 11.1. The number of pyridine rings is 1. The molecule has 3 heterocycles. The fourth-order valence-corrected chi connectivity index (χ4v) is 4.37. The highest BCUT2D eigenvalue weighted by Crippen LogP contribution is 2.28. The van der Waals surface area contributed by atoms with Gasteiger partial charge in [-0.3, -0.25) is 4.79 Å². The van der Waals surface area contributed by atoms with Gasteiger partial charge in [0.25, 0.3) is 0 Å². The summed E-state index contributed by atoms with van der Waals surface area (Å²) in [4.78, 5) is 21.7. The monoisotopic (exact) mass is 439 g/mol. The van der Waals surface area contributed by atoms with Crippen LogP contribution < -0.4 is 5.32 Å². The van der Waals surface area contributed by atoms with Gasteiger partial charge in [0, 0.05) is 16.9 Å². The molecule has 32 heavy (non-hydrogen) atoms. The van der Waals surface area contributed by atoms with E-state index in [1.54, 1.807) is 11.3 Å². The summed E-state index contributed by atoms with van der Waals surface area (Å²) in [6.07, 6.45) is 0.169. The Morgan fingerprint density at radius 3 is 2.75 bits per heavy atom. The number of thiazole rings is 1. The Bertz CT molecular complexity index is 1440. The number of hydrogen-bond acceptors (Lipinski definition) is 5. The van der Waals surface area contributed by atoms with Crippen LogP contribution in [0.1, 0.15) is 17.0 Å². The molecule has 0 bridgehead atoms. The van der Waals surface area contributed by atoms with Crippen molar-refractivity contribution in [3.8, 4) is 17.1 Å². The lowest BCUT2D eigenvalue weighted by Crippen LogP contribution is -2.15. The van der Waals surface area contributed by atoms with Crippen molar-refractivity contribution in [2.75, 3.05) is 5.32 Å². The number of carbonyl (C=O) groups excluding carboxylic acids is 1. The van der Waals surface area contributed by atoms with Crippen LogP contribution in [-0.4, -0.2) is 25.7 Å². The molecule has 0 aliphatic rings. The van der Waals surface area contributed by atoms with E-state index in [-0.39, 0.29) is 12.3 Å². The SMILES string of the molecule is Cc1cccc(NC(=O)Cc2cc(-c3ccc4ncsc4c3)n(-c3cccc(C)n3)n2)c1. The summed E-state index contributed by atoms with van der Waals surface area (Å²) in [6, 6.07) is 21.7. The summed E-state index contributed by atoms with van der Waals surface area (Å²) in [5, 5.41) is 7.70. The zero-order valence-corrected chi connectivity index (χ0v) is 18.6. The van der Waals surface area contributed by atoms with Crippen LogP contribution in [0.2, 0.25) is 0 Å². The van der Waals surface area contributed by atoms with Crippen molar-refractivity contribution in [2.45, 2.75) is 20.3 Å². The van der Waals surface area contributed by atoms with E-state index in [1.807, 2.05) is 84.7 Å². The van der Waals surface area contributed by atoms with Crippen LogP contribution in [-0.2, 0) is 11.2 Å². The highest BCUT2D eigenvalue weighted by Gasteiger charge is 2.16. The van der Waals surface area contributed by atoms with Gasteiger partial charge in [-0.25, -0.2) is 14.6 Å². The molecule has 2 aromatic carbocycles. The molecule has 0 aliphatic carbocycles. The number of carbonyl (C=O) groups is 1. The Morgan fingerprint density at radius 2 is 1.91 bits per heavy atom. The maximum atomic E-state index is 12.7. The zero-order valence-electron chi connectivity index (χ0n) is 17.7. The number of benzene rings is 2. The second-order valence-electron chi connectivity index (χ2n) is 7.70. The molecule has 158 valence electrons. The first-order valence-electron chi connectivity index (χ1n) is 10.3. The number of nitrogens with one attached hydrogen (secondary N) is 1. The van der Waals surface area contributed by atoms with Gasteiger partial charge in [-0.2, -0.15) is 5.10 Å². The van der Waals surface area contributed by atoms with E-state index < -0.39 is 0 Å². The zero-order chi connectivity index (χ0) is 22.1. The van der Waals surface area contributed by atoms with Crippen LogP contribution in [0.5, 0.6) is 0 Å². The first-order chi connectivity index (χ1) is 15.5. The Balaban J connectivity index is 1.51. The van der Waals surface area contributed by atoms with E-state index in [0.29, 0.717) is 5.69 Å². The van der Waals surface area contributed by atoms with Crippen molar-refractivity contribution >= 4 is 33.1 Å². The van der Waals surface area contributed by atoms with Crippen LogP contribution in [0.4, 0.5) is 5.69 Å². The van der Waals surface area contributed by atoms with Crippen molar-refractivity contribution in [1.82, 2.24) is 19.7 Å². The lowest BCUT2D eigenvalue weighted by molar-refractivity contribution is -0.115. The van der Waals surface area contributed by atoms with Crippen LogP contribution in [0.3, 0.4) is 0 Å². The van der Waals surface area contributed by atoms with Gasteiger partial charge in [-0.05, 0) is 61.9 Å². The maximum Gasteiger partial charge on any atom is 0.230 e. The van der Waals surface area contributed by atoms with Gasteiger partial charge in [0.1, 0.15) is 0 Å². The number of anilines is 1. The molecule has 6 nitrogen and oxygen atoms in total. The number of rotatable bonds is 5. The van der Waals surface area contributed by atoms with E-state index in [4.69, 9.17) is 5.10 Å². The summed E-state index contributed by atoms with van der Waals surface area (Å²) >= 11 is 1.60. The smallest absolute Gasteiger partial charge is 0.230 e. The Labute approximate surface area is 189 Å². The van der Waals surface area contributed by atoms with E-state index in [2.05, 4.69) is 21.4 Å². The third-order valence-electron chi connectivity index (χ3n) is 5.12. The Hall–Kier alpha value is -3.84. The standard InChI is InChI=1S/C25H21N5OS/c1-16-5-3-7-19(11-16)28-25(31)14-20-13-22(18-9-10-21-23(12-18)32-15-26-21)30(29-20)24-8-4-6-17(2)27-24/h3-13,15H,14H2,1-2H3,(H,28,31). The van der Waals surface area contributed by atoms with Crippen molar-refractivity contribution < 1.29 is 4.79 Å². The lowest BCUT2D eigenvalue weighted by atomic mass is 10.1. The minimum atomic E-state index is -0.109. The quantitative estimate of drug-likeness (QED) is 0.401. The number of aromatic nitrogens is 4. The van der Waals surface area contributed by atoms with Gasteiger partial charge in [0.05, 0.1) is 33.5 Å². The molecule has 5 rings (SSSR count). The molecule has 0 aliphatic heterocycles. The molecule has 7 heteroatoms. The van der Waals surface area contributed by atoms with Crippen molar-refractivity contribution in [2.24, 2.45) is 0 Å². The average molecular weight is 440 g/mol. The van der Waals surface area contributed by atoms with Gasteiger partial charge in [-0.15, -0.1) is 11.3 Å². The van der Waals surface area contributed by atoms with Gasteiger partial charge in [0.2, 0.25) is 5.91 Å². The molecule has 0 saturated carbocycles. The maximum absolute atomic E-state index is 12.7. The van der Waals surface area contributed by atoms with Crippen LogP contribution in [0.25, 0.3) is 27.3 Å². The number of hydrogen-bond donors (Lipinski definition) is 1.